The van der Waals surface area contributed by atoms with Crippen LogP contribution in [0.15, 0.2) is 47.1 Å². The highest BCUT2D eigenvalue weighted by atomic mass is 35.5. The molecule has 2 N–H and O–H groups in total. The summed E-state index contributed by atoms with van der Waals surface area (Å²) >= 11 is 6.32. The molecule has 0 saturated carbocycles. The van der Waals surface area contributed by atoms with Crippen molar-refractivity contribution in [1.29, 1.82) is 0 Å². The van der Waals surface area contributed by atoms with Gasteiger partial charge in [-0.25, -0.2) is 4.90 Å². The molecule has 1 fully saturated rings. The highest BCUT2D eigenvalue weighted by Crippen LogP contribution is 2.38. The van der Waals surface area contributed by atoms with Crippen molar-refractivity contribution in [3.8, 4) is 11.5 Å². The van der Waals surface area contributed by atoms with Crippen molar-refractivity contribution in [2.45, 2.75) is 6.92 Å². The maximum absolute atomic E-state index is 13.3. The van der Waals surface area contributed by atoms with E-state index < -0.39 is 11.8 Å². The van der Waals surface area contributed by atoms with Crippen molar-refractivity contribution in [2.24, 2.45) is 0 Å². The van der Waals surface area contributed by atoms with E-state index in [1.54, 1.807) is 36.4 Å². The molecule has 9 nitrogen and oxygen atoms in total. The molecular formula is C25H28ClN4O5+. The van der Waals surface area contributed by atoms with Crippen molar-refractivity contribution >= 4 is 40.7 Å². The summed E-state index contributed by atoms with van der Waals surface area (Å²) in [6.07, 6.45) is 0. The van der Waals surface area contributed by atoms with Gasteiger partial charge in [0, 0.05) is 17.3 Å². The number of benzene rings is 2. The number of hydrogen-bond donors (Lipinski definition) is 2. The van der Waals surface area contributed by atoms with Gasteiger partial charge in [0.05, 0.1) is 53.1 Å². The van der Waals surface area contributed by atoms with Crippen LogP contribution >= 0.6 is 11.6 Å². The zero-order valence-electron chi connectivity index (χ0n) is 20.1. The Balaban J connectivity index is 1.60. The molecule has 10 heteroatoms. The second-order valence-electron chi connectivity index (χ2n) is 8.58. The van der Waals surface area contributed by atoms with Gasteiger partial charge < -0.3 is 24.6 Å². The van der Waals surface area contributed by atoms with Crippen molar-refractivity contribution in [2.75, 3.05) is 57.7 Å². The Morgan fingerprint density at radius 2 is 1.74 bits per heavy atom. The summed E-state index contributed by atoms with van der Waals surface area (Å²) < 4.78 is 10.6. The molecule has 0 aromatic heterocycles. The summed E-state index contributed by atoms with van der Waals surface area (Å²) in [4.78, 5) is 43.5. The van der Waals surface area contributed by atoms with E-state index in [9.17, 15) is 14.4 Å². The minimum Gasteiger partial charge on any atom is -0.497 e. The summed E-state index contributed by atoms with van der Waals surface area (Å²) in [6, 6.07) is 10.0. The Morgan fingerprint density at radius 3 is 2.40 bits per heavy atom. The predicted molar refractivity (Wildman–Crippen MR) is 132 cm³/mol. The van der Waals surface area contributed by atoms with Gasteiger partial charge in [0.2, 0.25) is 0 Å². The van der Waals surface area contributed by atoms with Crippen molar-refractivity contribution in [3.63, 3.8) is 0 Å². The second-order valence-corrected chi connectivity index (χ2v) is 8.95. The Hall–Kier alpha value is -3.56. The highest BCUT2D eigenvalue weighted by Gasteiger charge is 2.40. The number of methoxy groups -OCH3 is 2. The summed E-state index contributed by atoms with van der Waals surface area (Å²) in [7, 11) is 5.05. The molecule has 0 aliphatic carbocycles. The van der Waals surface area contributed by atoms with Gasteiger partial charge in [-0.15, -0.1) is 0 Å². The largest absolute Gasteiger partial charge is 0.497 e. The number of rotatable bonds is 6. The van der Waals surface area contributed by atoms with E-state index in [0.717, 1.165) is 23.6 Å². The molecule has 2 aliphatic rings. The zero-order chi connectivity index (χ0) is 25.3. The lowest BCUT2D eigenvalue weighted by molar-refractivity contribution is -0.883. The highest BCUT2D eigenvalue weighted by molar-refractivity contribution is 6.53. The van der Waals surface area contributed by atoms with Gasteiger partial charge in [-0.05, 0) is 36.8 Å². The number of nitrogens with zero attached hydrogens (tertiary/aromatic N) is 2. The van der Waals surface area contributed by atoms with Gasteiger partial charge in [0.25, 0.3) is 17.7 Å². The lowest BCUT2D eigenvalue weighted by atomic mass is 10.1. The molecule has 1 saturated heterocycles. The molecule has 0 spiro atoms. The van der Waals surface area contributed by atoms with Crippen LogP contribution in [-0.4, -0.2) is 70.1 Å². The summed E-state index contributed by atoms with van der Waals surface area (Å²) in [5, 5.41) is 2.76. The van der Waals surface area contributed by atoms with Gasteiger partial charge in [0.1, 0.15) is 22.2 Å². The molecule has 2 aromatic carbocycles. The molecule has 2 aromatic rings. The molecule has 0 radical (unpaired) electrons. The Morgan fingerprint density at radius 1 is 1.03 bits per heavy atom. The van der Waals surface area contributed by atoms with Crippen LogP contribution in [0.5, 0.6) is 11.5 Å². The predicted octanol–water partition coefficient (Wildman–Crippen LogP) is 1.42. The molecule has 0 bridgehead atoms. The number of aryl methyl sites for hydroxylation is 1. The van der Waals surface area contributed by atoms with Crippen molar-refractivity contribution < 1.29 is 28.8 Å². The third kappa shape index (κ3) is 4.69. The van der Waals surface area contributed by atoms with Gasteiger partial charge >= 0.3 is 0 Å². The Bertz CT molecular complexity index is 1220. The number of hydrogen-bond acceptors (Lipinski definition) is 6. The fraction of sp³-hybridized carbons (Fsp3) is 0.320. The average Bonchev–Trinajstić information content (AvgIpc) is 3.07. The number of carbonyl (C=O) groups excluding carboxylic acids is 3. The van der Waals surface area contributed by atoms with E-state index in [4.69, 9.17) is 21.1 Å². The van der Waals surface area contributed by atoms with Crippen LogP contribution in [0.3, 0.4) is 0 Å². The number of imide groups is 1. The van der Waals surface area contributed by atoms with E-state index in [-0.39, 0.29) is 28.1 Å². The van der Waals surface area contributed by atoms with Crippen LogP contribution in [-0.2, 0) is 9.59 Å². The first-order valence-corrected chi connectivity index (χ1v) is 11.6. The lowest BCUT2D eigenvalue weighted by Gasteiger charge is -2.30. The number of likely N-dealkylation sites (N-methyl/N-ethyl adjacent to an activating group) is 1. The van der Waals surface area contributed by atoms with Crippen LogP contribution in [0, 0.1) is 6.92 Å². The fourth-order valence-corrected chi connectivity index (χ4v) is 4.31. The van der Waals surface area contributed by atoms with E-state index in [2.05, 4.69) is 12.4 Å². The normalized spacial score (nSPS) is 16.7. The van der Waals surface area contributed by atoms with Crippen LogP contribution in [0.25, 0.3) is 0 Å². The smallest absolute Gasteiger partial charge is 0.283 e. The van der Waals surface area contributed by atoms with Crippen LogP contribution < -0.4 is 24.6 Å². The van der Waals surface area contributed by atoms with Crippen molar-refractivity contribution in [3.05, 3.63) is 58.3 Å². The topological polar surface area (TPSA) is 92.6 Å². The van der Waals surface area contributed by atoms with E-state index in [1.807, 2.05) is 11.8 Å². The third-order valence-corrected chi connectivity index (χ3v) is 6.65. The number of nitrogens with one attached hydrogen (secondary N) is 2. The van der Waals surface area contributed by atoms with Crippen LogP contribution in [0.4, 0.5) is 11.4 Å². The molecular weight excluding hydrogens is 472 g/mol. The molecule has 0 unspecified atom stereocenters. The monoisotopic (exact) mass is 499 g/mol. The Kier molecular flexibility index (Phi) is 7.00. The second kappa shape index (κ2) is 9.97. The fourth-order valence-electron chi connectivity index (χ4n) is 4.10. The van der Waals surface area contributed by atoms with Gasteiger partial charge in [-0.3, -0.25) is 14.4 Å². The molecule has 35 heavy (non-hydrogen) atoms. The standard InChI is InChI=1S/C25H27ClN4O5/c1-15-5-6-16(23(31)29-11-9-28(2)10-12-29)13-18(15)27-22-21(26)24(32)30(25(22)33)19-8-7-17(34-3)14-20(19)35-4/h5-8,13-14,27H,9-12H2,1-4H3/p+1. The molecule has 0 atom stereocenters. The first-order chi connectivity index (χ1) is 16.7. The molecule has 184 valence electrons. The summed E-state index contributed by atoms with van der Waals surface area (Å²) in [5.74, 6) is -0.566. The van der Waals surface area contributed by atoms with Crippen molar-refractivity contribution in [1.82, 2.24) is 4.90 Å². The number of carbonyl (C=O) groups is 3. The maximum atomic E-state index is 13.3. The minimum absolute atomic E-state index is 0.0644. The summed E-state index contributed by atoms with van der Waals surface area (Å²) in [5.41, 5.74) is 2.00. The first-order valence-electron chi connectivity index (χ1n) is 11.2. The number of quaternary nitrogens is 1. The maximum Gasteiger partial charge on any atom is 0.283 e. The zero-order valence-corrected chi connectivity index (χ0v) is 20.9. The van der Waals surface area contributed by atoms with Crippen LogP contribution in [0.2, 0.25) is 0 Å². The molecule has 2 aliphatic heterocycles. The number of anilines is 2. The first kappa shape index (κ1) is 24.6. The van der Waals surface area contributed by atoms with Gasteiger partial charge in [0.15, 0.2) is 0 Å². The molecule has 3 amide bonds. The lowest BCUT2D eigenvalue weighted by Crippen LogP contribution is -3.12. The minimum atomic E-state index is -0.674. The van der Waals surface area contributed by atoms with Gasteiger partial charge in [-0.1, -0.05) is 17.7 Å². The number of ether oxygens (including phenoxy) is 2. The third-order valence-electron chi connectivity index (χ3n) is 6.30. The quantitative estimate of drug-likeness (QED) is 0.584. The van der Waals surface area contributed by atoms with E-state index in [1.165, 1.54) is 19.1 Å². The number of amides is 3. The van der Waals surface area contributed by atoms with Gasteiger partial charge in [-0.2, -0.15) is 0 Å². The van der Waals surface area contributed by atoms with E-state index >= 15 is 0 Å². The molecule has 4 rings (SSSR count). The SMILES string of the molecule is COc1ccc(N2C(=O)C(Cl)=C(Nc3cc(C(=O)N4CC[NH+](C)CC4)ccc3C)C2=O)c(OC)c1. The number of piperazine rings is 1. The Labute approximate surface area is 208 Å². The van der Waals surface area contributed by atoms with Crippen LogP contribution in [0.1, 0.15) is 15.9 Å². The summed E-state index contributed by atoms with van der Waals surface area (Å²) in [6.45, 7) is 5.00. The molecule has 2 heterocycles. The average molecular weight is 500 g/mol. The van der Waals surface area contributed by atoms with E-state index in [0.29, 0.717) is 30.1 Å². The number of halogens is 1.